The fraction of sp³-hybridized carbons (Fsp3) is 0.0588. The molecule has 0 spiro atoms. The van der Waals surface area contributed by atoms with Gasteiger partial charge in [0.05, 0.1) is 28.4 Å². The molecule has 1 aliphatic rings. The number of carbonyl (C=O) groups excluding carboxylic acids is 1. The second kappa shape index (κ2) is 6.42. The van der Waals surface area contributed by atoms with Gasteiger partial charge in [0, 0.05) is 11.4 Å². The highest BCUT2D eigenvalue weighted by molar-refractivity contribution is 8.13. The molecule has 8 nitrogen and oxygen atoms in total. The Labute approximate surface area is 151 Å². The third-order valence-electron chi connectivity index (χ3n) is 3.79. The lowest BCUT2D eigenvalue weighted by molar-refractivity contribution is 0.256. The minimum atomic E-state index is -0.425. The number of hydrogen-bond donors (Lipinski definition) is 4. The summed E-state index contributed by atoms with van der Waals surface area (Å²) >= 11 is 1.39. The van der Waals surface area contributed by atoms with Gasteiger partial charge in [-0.25, -0.2) is 14.6 Å². The van der Waals surface area contributed by atoms with Crippen molar-refractivity contribution in [1.29, 1.82) is 5.26 Å². The molecule has 2 aromatic carbocycles. The number of rotatable bonds is 1. The highest BCUT2D eigenvalue weighted by Crippen LogP contribution is 2.30. The second-order valence-electron chi connectivity index (χ2n) is 5.58. The minimum Gasteiger partial charge on any atom is -0.308 e. The van der Waals surface area contributed by atoms with Gasteiger partial charge in [0.2, 0.25) is 0 Å². The molecule has 0 atom stereocenters. The van der Waals surface area contributed by atoms with Gasteiger partial charge in [0.15, 0.2) is 5.17 Å². The Bertz CT molecular complexity index is 1150. The van der Waals surface area contributed by atoms with Crippen LogP contribution in [0.2, 0.25) is 0 Å². The maximum absolute atomic E-state index is 12.2. The quantitative estimate of drug-likeness (QED) is 0.529. The Kier molecular flexibility index (Phi) is 3.95. The number of aromatic amines is 2. The fourth-order valence-electron chi connectivity index (χ4n) is 2.60. The summed E-state index contributed by atoms with van der Waals surface area (Å²) in [6.45, 7) is 0. The molecule has 0 bridgehead atoms. The van der Waals surface area contributed by atoms with E-state index in [1.165, 1.54) is 11.8 Å². The number of aromatic nitrogens is 2. The molecule has 2 amide bonds. The van der Waals surface area contributed by atoms with Gasteiger partial charge in [-0.05, 0) is 42.0 Å². The Balaban J connectivity index is 1.48. The number of amidine groups is 1. The number of amides is 2. The van der Waals surface area contributed by atoms with Crippen LogP contribution >= 0.6 is 11.8 Å². The molecule has 0 unspecified atom stereocenters. The van der Waals surface area contributed by atoms with Crippen molar-refractivity contribution >= 4 is 45.4 Å². The molecule has 2 heterocycles. The smallest absolute Gasteiger partial charge is 0.308 e. The summed E-state index contributed by atoms with van der Waals surface area (Å²) in [5, 5.41) is 14.8. The number of nitrogens with one attached hydrogen (secondary N) is 4. The zero-order valence-corrected chi connectivity index (χ0v) is 14.1. The number of nitrogens with zero attached hydrogens (tertiary/aromatic N) is 2. The van der Waals surface area contributed by atoms with Crippen LogP contribution in [-0.4, -0.2) is 21.2 Å². The van der Waals surface area contributed by atoms with E-state index in [1.807, 2.05) is 0 Å². The van der Waals surface area contributed by atoms with Crippen molar-refractivity contribution in [2.75, 3.05) is 5.32 Å². The van der Waals surface area contributed by atoms with Crippen LogP contribution in [0.3, 0.4) is 0 Å². The molecule has 4 N–H and O–H groups in total. The Morgan fingerprint density at radius 3 is 2.85 bits per heavy atom. The molecule has 3 aromatic rings. The van der Waals surface area contributed by atoms with E-state index < -0.39 is 6.03 Å². The number of urea groups is 1. The van der Waals surface area contributed by atoms with Crippen LogP contribution in [0.1, 0.15) is 11.1 Å². The average Bonchev–Trinajstić information content (AvgIpc) is 3.00. The van der Waals surface area contributed by atoms with E-state index in [4.69, 9.17) is 5.26 Å². The van der Waals surface area contributed by atoms with Crippen molar-refractivity contribution in [2.45, 2.75) is 5.75 Å². The lowest BCUT2D eigenvalue weighted by atomic mass is 10.1. The SMILES string of the molecule is N#Cc1ccc2c(c1)CSC(NC(=O)Nc1ccc3[nH]c(=O)[nH]c3c1)=N2. The maximum Gasteiger partial charge on any atom is 0.325 e. The van der Waals surface area contributed by atoms with Gasteiger partial charge in [-0.3, -0.25) is 5.32 Å². The Morgan fingerprint density at radius 2 is 2.00 bits per heavy atom. The van der Waals surface area contributed by atoms with E-state index >= 15 is 0 Å². The molecule has 4 rings (SSSR count). The molecule has 0 saturated heterocycles. The molecule has 1 aliphatic heterocycles. The van der Waals surface area contributed by atoms with Crippen LogP contribution in [0.25, 0.3) is 11.0 Å². The molecule has 0 aliphatic carbocycles. The van der Waals surface area contributed by atoms with E-state index in [1.54, 1.807) is 36.4 Å². The lowest BCUT2D eigenvalue weighted by Gasteiger charge is -2.16. The van der Waals surface area contributed by atoms with Gasteiger partial charge in [0.25, 0.3) is 0 Å². The summed E-state index contributed by atoms with van der Waals surface area (Å²) in [5.74, 6) is 0.626. The molecule has 128 valence electrons. The first-order chi connectivity index (χ1) is 12.6. The lowest BCUT2D eigenvalue weighted by Crippen LogP contribution is -2.33. The first-order valence-electron chi connectivity index (χ1n) is 7.65. The van der Waals surface area contributed by atoms with Gasteiger partial charge in [-0.1, -0.05) is 11.8 Å². The number of fused-ring (bicyclic) bond motifs is 2. The zero-order chi connectivity index (χ0) is 18.1. The molecular weight excluding hydrogens is 352 g/mol. The van der Waals surface area contributed by atoms with Gasteiger partial charge in [-0.2, -0.15) is 5.26 Å². The minimum absolute atomic E-state index is 0.298. The number of nitriles is 1. The van der Waals surface area contributed by atoms with E-state index in [9.17, 15) is 9.59 Å². The van der Waals surface area contributed by atoms with Crippen molar-refractivity contribution in [3.8, 4) is 6.07 Å². The van der Waals surface area contributed by atoms with Crippen LogP contribution in [0, 0.1) is 11.3 Å². The fourth-order valence-corrected chi connectivity index (χ4v) is 3.45. The van der Waals surface area contributed by atoms with Crippen molar-refractivity contribution < 1.29 is 4.79 Å². The zero-order valence-electron chi connectivity index (χ0n) is 13.3. The molecule has 26 heavy (non-hydrogen) atoms. The van der Waals surface area contributed by atoms with Crippen LogP contribution < -0.4 is 16.3 Å². The third kappa shape index (κ3) is 3.18. The molecule has 0 saturated carbocycles. The van der Waals surface area contributed by atoms with Gasteiger partial charge in [0.1, 0.15) is 0 Å². The maximum atomic E-state index is 12.2. The second-order valence-corrected chi connectivity index (χ2v) is 6.54. The predicted molar refractivity (Wildman–Crippen MR) is 101 cm³/mol. The summed E-state index contributed by atoms with van der Waals surface area (Å²) in [6, 6.07) is 12.0. The Hall–Kier alpha value is -3.51. The molecule has 9 heteroatoms. The first kappa shape index (κ1) is 16.0. The standard InChI is InChI=1S/C17H12N6O2S/c18-7-9-1-3-12-10(5-9)8-26-17(22-12)23-15(24)19-11-2-4-13-14(6-11)21-16(25)20-13/h1-6H,8H2,(H2,20,21,25)(H2,19,22,23,24). The monoisotopic (exact) mass is 364 g/mol. The number of benzene rings is 2. The largest absolute Gasteiger partial charge is 0.325 e. The number of imidazole rings is 1. The van der Waals surface area contributed by atoms with Crippen LogP contribution in [0.15, 0.2) is 46.2 Å². The number of anilines is 1. The normalized spacial score (nSPS) is 12.8. The summed E-state index contributed by atoms with van der Waals surface area (Å²) in [4.78, 5) is 33.2. The van der Waals surface area contributed by atoms with E-state index in [0.717, 1.165) is 11.3 Å². The van der Waals surface area contributed by atoms with Crippen LogP contribution in [-0.2, 0) is 5.75 Å². The van der Waals surface area contributed by atoms with Crippen LogP contribution in [0.4, 0.5) is 16.2 Å². The van der Waals surface area contributed by atoms with Gasteiger partial charge >= 0.3 is 11.7 Å². The topological polar surface area (TPSA) is 126 Å². The van der Waals surface area contributed by atoms with Crippen molar-refractivity contribution in [3.05, 3.63) is 58.0 Å². The summed E-state index contributed by atoms with van der Waals surface area (Å²) in [7, 11) is 0. The highest BCUT2D eigenvalue weighted by Gasteiger charge is 2.15. The molecule has 0 radical (unpaired) electrons. The Morgan fingerprint density at radius 1 is 1.15 bits per heavy atom. The third-order valence-corrected chi connectivity index (χ3v) is 4.71. The summed E-state index contributed by atoms with van der Waals surface area (Å²) < 4.78 is 0. The van der Waals surface area contributed by atoms with Crippen molar-refractivity contribution in [3.63, 3.8) is 0 Å². The van der Waals surface area contributed by atoms with Gasteiger partial charge in [-0.15, -0.1) is 0 Å². The number of aliphatic imine (C=N–C) groups is 1. The van der Waals surface area contributed by atoms with Crippen molar-refractivity contribution in [1.82, 2.24) is 15.3 Å². The number of thioether (sulfide) groups is 1. The predicted octanol–water partition coefficient (Wildman–Crippen LogP) is 2.78. The number of hydrogen-bond acceptors (Lipinski definition) is 5. The number of H-pyrrole nitrogens is 2. The first-order valence-corrected chi connectivity index (χ1v) is 8.64. The van der Waals surface area contributed by atoms with Crippen LogP contribution in [0.5, 0.6) is 0 Å². The van der Waals surface area contributed by atoms with E-state index in [-0.39, 0.29) is 5.69 Å². The summed E-state index contributed by atoms with van der Waals surface area (Å²) in [5.41, 5.74) is 3.82. The van der Waals surface area contributed by atoms with Gasteiger partial charge < -0.3 is 15.3 Å². The highest BCUT2D eigenvalue weighted by atomic mass is 32.2. The number of carbonyl (C=O) groups is 1. The average molecular weight is 364 g/mol. The molecule has 1 aromatic heterocycles. The summed E-state index contributed by atoms with van der Waals surface area (Å²) in [6.07, 6.45) is 0. The van der Waals surface area contributed by atoms with Crippen molar-refractivity contribution in [2.24, 2.45) is 4.99 Å². The van der Waals surface area contributed by atoms with E-state index in [2.05, 4.69) is 31.7 Å². The van der Waals surface area contributed by atoms with E-state index in [0.29, 0.717) is 33.2 Å². The molecule has 0 fully saturated rings. The molecular formula is C17H12N6O2S.